The minimum Gasteiger partial charge on any atom is -0.447 e. The molecular weight excluding hydrogens is 278 g/mol. The van der Waals surface area contributed by atoms with E-state index in [4.69, 9.17) is 4.74 Å². The lowest BCUT2D eigenvalue weighted by Crippen LogP contribution is -2.33. The van der Waals surface area contributed by atoms with E-state index in [1.54, 1.807) is 0 Å². The number of benzene rings is 1. The van der Waals surface area contributed by atoms with Crippen molar-refractivity contribution in [1.82, 2.24) is 5.32 Å². The molecule has 0 bridgehead atoms. The Balaban J connectivity index is 1.64. The van der Waals surface area contributed by atoms with Gasteiger partial charge in [-0.15, -0.1) is 0 Å². The highest BCUT2D eigenvalue weighted by Crippen LogP contribution is 2.29. The second-order valence-corrected chi connectivity index (χ2v) is 6.42. The number of ether oxygens (including phenoxy) is 1. The van der Waals surface area contributed by atoms with Crippen LogP contribution in [0.4, 0.5) is 0 Å². The molecule has 0 aromatic heterocycles. The summed E-state index contributed by atoms with van der Waals surface area (Å²) >= 11 is 0. The first-order chi connectivity index (χ1) is 10.7. The van der Waals surface area contributed by atoms with E-state index in [2.05, 4.69) is 5.32 Å². The van der Waals surface area contributed by atoms with Crippen molar-refractivity contribution in [3.8, 4) is 0 Å². The summed E-state index contributed by atoms with van der Waals surface area (Å²) in [7, 11) is 0. The summed E-state index contributed by atoms with van der Waals surface area (Å²) in [4.78, 5) is 24.6. The number of carbonyl (C=O) groups is 2. The lowest BCUT2D eigenvalue weighted by Gasteiger charge is -2.19. The minimum atomic E-state index is -0.823. The van der Waals surface area contributed by atoms with Gasteiger partial charge in [0.15, 0.2) is 0 Å². The third-order valence-electron chi connectivity index (χ3n) is 4.44. The van der Waals surface area contributed by atoms with Gasteiger partial charge in [0.2, 0.25) is 6.10 Å². The van der Waals surface area contributed by atoms with Crippen LogP contribution in [0.15, 0.2) is 30.3 Å². The van der Waals surface area contributed by atoms with Crippen molar-refractivity contribution in [2.45, 2.75) is 57.1 Å². The van der Waals surface area contributed by atoms with Crippen molar-refractivity contribution in [1.29, 1.82) is 0 Å². The second kappa shape index (κ2) is 6.95. The molecule has 0 aliphatic heterocycles. The molecule has 4 heteroatoms. The molecule has 4 nitrogen and oxygen atoms in total. The number of esters is 1. The lowest BCUT2D eigenvalue weighted by molar-refractivity contribution is -0.157. The van der Waals surface area contributed by atoms with Crippen LogP contribution < -0.4 is 5.32 Å². The van der Waals surface area contributed by atoms with E-state index in [1.807, 2.05) is 30.3 Å². The van der Waals surface area contributed by atoms with Crippen molar-refractivity contribution < 1.29 is 14.3 Å². The fourth-order valence-corrected chi connectivity index (χ4v) is 3.04. The van der Waals surface area contributed by atoms with Gasteiger partial charge in [0, 0.05) is 18.0 Å². The van der Waals surface area contributed by atoms with Crippen LogP contribution in [0.1, 0.15) is 56.6 Å². The fraction of sp³-hybridized carbons (Fsp3) is 0.556. The van der Waals surface area contributed by atoms with Gasteiger partial charge < -0.3 is 10.1 Å². The molecule has 1 aromatic rings. The molecule has 1 atom stereocenters. The first-order valence-corrected chi connectivity index (χ1v) is 8.27. The highest BCUT2D eigenvalue weighted by atomic mass is 16.5. The molecule has 0 spiro atoms. The molecule has 0 heterocycles. The van der Waals surface area contributed by atoms with Crippen LogP contribution in [-0.4, -0.2) is 17.9 Å². The predicted molar refractivity (Wildman–Crippen MR) is 83.0 cm³/mol. The van der Waals surface area contributed by atoms with Gasteiger partial charge in [0.05, 0.1) is 0 Å². The average molecular weight is 301 g/mol. The maximum atomic E-state index is 12.4. The number of amides is 1. The predicted octanol–water partition coefficient (Wildman–Crippen LogP) is 3.13. The quantitative estimate of drug-likeness (QED) is 0.821. The van der Waals surface area contributed by atoms with E-state index < -0.39 is 6.10 Å². The maximum absolute atomic E-state index is 12.4. The molecule has 1 aromatic carbocycles. The summed E-state index contributed by atoms with van der Waals surface area (Å²) in [6.07, 6.45) is 6.23. The SMILES string of the molecule is O=C(CC1CCCC1)O[C@@H](C(=O)NC1CC1)c1ccccc1. The maximum Gasteiger partial charge on any atom is 0.307 e. The Bertz CT molecular complexity index is 518. The fourth-order valence-electron chi connectivity index (χ4n) is 3.04. The number of carbonyl (C=O) groups excluding carboxylic acids is 2. The van der Waals surface area contributed by atoms with Gasteiger partial charge in [-0.2, -0.15) is 0 Å². The van der Waals surface area contributed by atoms with Crippen molar-refractivity contribution in [3.63, 3.8) is 0 Å². The molecule has 118 valence electrons. The molecule has 1 amide bonds. The highest BCUT2D eigenvalue weighted by molar-refractivity contribution is 5.85. The van der Waals surface area contributed by atoms with E-state index in [-0.39, 0.29) is 17.9 Å². The number of hydrogen-bond acceptors (Lipinski definition) is 3. The van der Waals surface area contributed by atoms with Crippen LogP contribution in [0.2, 0.25) is 0 Å². The van der Waals surface area contributed by atoms with Crippen molar-refractivity contribution in [3.05, 3.63) is 35.9 Å². The molecule has 2 aliphatic carbocycles. The molecule has 0 saturated heterocycles. The average Bonchev–Trinajstić information content (AvgIpc) is 3.19. The van der Waals surface area contributed by atoms with Gasteiger partial charge in [0.25, 0.3) is 5.91 Å². The lowest BCUT2D eigenvalue weighted by atomic mass is 10.0. The summed E-state index contributed by atoms with van der Waals surface area (Å²) in [6.45, 7) is 0. The van der Waals surface area contributed by atoms with Crippen molar-refractivity contribution in [2.24, 2.45) is 5.92 Å². The van der Waals surface area contributed by atoms with Gasteiger partial charge in [0.1, 0.15) is 0 Å². The second-order valence-electron chi connectivity index (χ2n) is 6.42. The van der Waals surface area contributed by atoms with E-state index in [1.165, 1.54) is 12.8 Å². The molecule has 22 heavy (non-hydrogen) atoms. The minimum absolute atomic E-state index is 0.200. The van der Waals surface area contributed by atoms with Crippen LogP contribution in [0, 0.1) is 5.92 Å². The number of hydrogen-bond donors (Lipinski definition) is 1. The summed E-state index contributed by atoms with van der Waals surface area (Å²) < 4.78 is 5.54. The molecule has 0 unspecified atom stereocenters. The molecule has 2 aliphatic rings. The summed E-state index contributed by atoms with van der Waals surface area (Å²) in [6, 6.07) is 9.53. The third-order valence-corrected chi connectivity index (χ3v) is 4.44. The van der Waals surface area contributed by atoms with E-state index in [0.29, 0.717) is 12.3 Å². The van der Waals surface area contributed by atoms with E-state index in [0.717, 1.165) is 31.2 Å². The molecule has 1 N–H and O–H groups in total. The molecular formula is C18H23NO3. The van der Waals surface area contributed by atoms with Crippen LogP contribution in [-0.2, 0) is 14.3 Å². The van der Waals surface area contributed by atoms with Gasteiger partial charge in [-0.3, -0.25) is 9.59 Å². The molecule has 3 rings (SSSR count). The highest BCUT2D eigenvalue weighted by Gasteiger charge is 2.31. The smallest absolute Gasteiger partial charge is 0.307 e. The summed E-state index contributed by atoms with van der Waals surface area (Å²) in [5.41, 5.74) is 0.737. The largest absolute Gasteiger partial charge is 0.447 e. The normalized spacial score (nSPS) is 19.6. The van der Waals surface area contributed by atoms with Crippen molar-refractivity contribution >= 4 is 11.9 Å². The van der Waals surface area contributed by atoms with Gasteiger partial charge >= 0.3 is 5.97 Å². The number of rotatable bonds is 6. The molecule has 2 fully saturated rings. The Kier molecular flexibility index (Phi) is 4.76. The Morgan fingerprint density at radius 3 is 2.41 bits per heavy atom. The topological polar surface area (TPSA) is 55.4 Å². The monoisotopic (exact) mass is 301 g/mol. The first-order valence-electron chi connectivity index (χ1n) is 8.27. The Hall–Kier alpha value is -1.84. The van der Waals surface area contributed by atoms with Crippen LogP contribution in [0.3, 0.4) is 0 Å². The van der Waals surface area contributed by atoms with Gasteiger partial charge in [-0.05, 0) is 31.6 Å². The summed E-state index contributed by atoms with van der Waals surface area (Å²) in [5.74, 6) is -0.0319. The molecule has 0 radical (unpaired) electrons. The van der Waals surface area contributed by atoms with Gasteiger partial charge in [-0.25, -0.2) is 0 Å². The summed E-state index contributed by atoms with van der Waals surface area (Å²) in [5, 5.41) is 2.94. The number of nitrogens with one attached hydrogen (secondary N) is 1. The van der Waals surface area contributed by atoms with Crippen LogP contribution in [0.25, 0.3) is 0 Å². The Morgan fingerprint density at radius 2 is 1.77 bits per heavy atom. The van der Waals surface area contributed by atoms with Gasteiger partial charge in [-0.1, -0.05) is 43.2 Å². The zero-order valence-corrected chi connectivity index (χ0v) is 12.8. The third kappa shape index (κ3) is 4.09. The van der Waals surface area contributed by atoms with E-state index in [9.17, 15) is 9.59 Å². The zero-order chi connectivity index (χ0) is 15.4. The Labute approximate surface area is 131 Å². The van der Waals surface area contributed by atoms with Crippen LogP contribution >= 0.6 is 0 Å². The zero-order valence-electron chi connectivity index (χ0n) is 12.8. The molecule has 2 saturated carbocycles. The first kappa shape index (κ1) is 15.1. The standard InChI is InChI=1S/C18H23NO3/c20-16(12-13-6-4-5-7-13)22-17(14-8-2-1-3-9-14)18(21)19-15-10-11-15/h1-3,8-9,13,15,17H,4-7,10-12H2,(H,19,21)/t17-/m1/s1. The van der Waals surface area contributed by atoms with Crippen molar-refractivity contribution in [2.75, 3.05) is 0 Å². The Morgan fingerprint density at radius 1 is 1.09 bits per heavy atom. The van der Waals surface area contributed by atoms with Crippen LogP contribution in [0.5, 0.6) is 0 Å². The van der Waals surface area contributed by atoms with E-state index >= 15 is 0 Å².